The molecule has 0 aliphatic heterocycles. The van der Waals surface area contributed by atoms with Gasteiger partial charge in [0.15, 0.2) is 0 Å². The molecule has 8 heteroatoms. The number of nitrogens with zero attached hydrogens (tertiary/aromatic N) is 1. The molecule has 1 aromatic heterocycles. The lowest BCUT2D eigenvalue weighted by Gasteiger charge is -2.18. The zero-order chi connectivity index (χ0) is 19.7. The Labute approximate surface area is 170 Å². The van der Waals surface area contributed by atoms with Gasteiger partial charge < -0.3 is 10.6 Å². The lowest BCUT2D eigenvalue weighted by Crippen LogP contribution is -2.38. The van der Waals surface area contributed by atoms with Gasteiger partial charge in [-0.1, -0.05) is 12.1 Å². The largest absolute Gasteiger partial charge is 0.337 e. The van der Waals surface area contributed by atoms with Gasteiger partial charge in [-0.25, -0.2) is 13.2 Å². The second-order valence-electron chi connectivity index (χ2n) is 7.37. The van der Waals surface area contributed by atoms with Crippen molar-refractivity contribution in [3.05, 3.63) is 45.8 Å². The van der Waals surface area contributed by atoms with Gasteiger partial charge in [0.1, 0.15) is 4.21 Å². The summed E-state index contributed by atoms with van der Waals surface area (Å²) in [5.41, 5.74) is 6.32. The van der Waals surface area contributed by atoms with Gasteiger partial charge in [-0.15, -0.1) is 11.3 Å². The van der Waals surface area contributed by atoms with Crippen LogP contribution < -0.4 is 10.6 Å². The first-order valence-electron chi connectivity index (χ1n) is 9.68. The van der Waals surface area contributed by atoms with Crippen molar-refractivity contribution in [2.24, 2.45) is 0 Å². The third-order valence-corrected chi connectivity index (χ3v) is 8.81. The van der Waals surface area contributed by atoms with Gasteiger partial charge in [-0.3, -0.25) is 0 Å². The fourth-order valence-corrected chi connectivity index (χ4v) is 6.51. The van der Waals surface area contributed by atoms with Crippen molar-refractivity contribution in [2.75, 3.05) is 25.5 Å². The van der Waals surface area contributed by atoms with Gasteiger partial charge in [-0.05, 0) is 72.2 Å². The highest BCUT2D eigenvalue weighted by molar-refractivity contribution is 7.91. The van der Waals surface area contributed by atoms with Crippen LogP contribution in [-0.2, 0) is 35.7 Å². The van der Waals surface area contributed by atoms with Gasteiger partial charge in [0.05, 0.1) is 0 Å². The number of hydrogen-bond donors (Lipinski definition) is 2. The van der Waals surface area contributed by atoms with Crippen LogP contribution in [0.3, 0.4) is 0 Å². The molecule has 0 saturated carbocycles. The first-order valence-corrected chi connectivity index (χ1v) is 12.0. The van der Waals surface area contributed by atoms with E-state index in [1.807, 2.05) is 0 Å². The third kappa shape index (κ3) is 3.68. The normalized spacial score (nSPS) is 15.5. The molecule has 2 N–H and O–H groups in total. The summed E-state index contributed by atoms with van der Waals surface area (Å²) in [6, 6.07) is 5.37. The number of carbonyl (C=O) groups excluding carboxylic acids is 1. The molecule has 6 nitrogen and oxygen atoms in total. The predicted octanol–water partition coefficient (Wildman–Crippen LogP) is 3.17. The Hall–Kier alpha value is -1.90. The lowest BCUT2D eigenvalue weighted by atomic mass is 9.99. The number of amides is 2. The summed E-state index contributed by atoms with van der Waals surface area (Å²) in [5.74, 6) is 0. The zero-order valence-corrected chi connectivity index (χ0v) is 17.6. The van der Waals surface area contributed by atoms with Crippen LogP contribution in [-0.4, -0.2) is 38.9 Å². The molecule has 2 aliphatic rings. The second-order valence-corrected chi connectivity index (χ2v) is 10.6. The van der Waals surface area contributed by atoms with Crippen LogP contribution >= 0.6 is 11.3 Å². The maximum Gasteiger partial charge on any atom is 0.319 e. The number of thiophene rings is 1. The van der Waals surface area contributed by atoms with Crippen molar-refractivity contribution in [1.82, 2.24) is 9.62 Å². The Morgan fingerprint density at radius 3 is 2.43 bits per heavy atom. The molecule has 150 valence electrons. The summed E-state index contributed by atoms with van der Waals surface area (Å²) >= 11 is 1.19. The molecule has 1 aromatic carbocycles. The summed E-state index contributed by atoms with van der Waals surface area (Å²) in [6.07, 6.45) is 6.48. The highest BCUT2D eigenvalue weighted by atomic mass is 32.2. The van der Waals surface area contributed by atoms with E-state index < -0.39 is 10.0 Å². The van der Waals surface area contributed by atoms with E-state index in [0.29, 0.717) is 4.21 Å². The number of benzene rings is 1. The first-order chi connectivity index (χ1) is 13.5. The number of rotatable bonds is 6. The smallest absolute Gasteiger partial charge is 0.319 e. The number of likely N-dealkylation sites (N-methyl/N-ethyl adjacent to an activating group) is 1. The van der Waals surface area contributed by atoms with Crippen molar-refractivity contribution in [3.63, 3.8) is 0 Å². The highest BCUT2D eigenvalue weighted by Gasteiger charge is 2.25. The standard InChI is InChI=1S/C20H25N3O3S2/c1-23(28(25,26)18-9-4-12-27-18)11-10-21-20(24)22-19-16-7-2-5-14(16)13-15-6-3-8-17(15)19/h4,9,12-13H,2-3,5-8,10-11H2,1H3,(H2,21,22,24). The number of carbonyl (C=O) groups is 1. The Kier molecular flexibility index (Phi) is 5.44. The van der Waals surface area contributed by atoms with Crippen LogP contribution in [0.2, 0.25) is 0 Å². The molecular formula is C20H25N3O3S2. The molecule has 0 unspecified atom stereocenters. The molecule has 2 aromatic rings. The van der Waals surface area contributed by atoms with E-state index in [4.69, 9.17) is 0 Å². The number of anilines is 1. The Morgan fingerprint density at radius 1 is 1.14 bits per heavy atom. The molecule has 28 heavy (non-hydrogen) atoms. The summed E-state index contributed by atoms with van der Waals surface area (Å²) in [5, 5.41) is 7.62. The van der Waals surface area contributed by atoms with E-state index in [9.17, 15) is 13.2 Å². The minimum absolute atomic E-state index is 0.221. The molecule has 0 spiro atoms. The van der Waals surface area contributed by atoms with E-state index in [1.54, 1.807) is 17.5 Å². The summed E-state index contributed by atoms with van der Waals surface area (Å²) in [7, 11) is -1.96. The van der Waals surface area contributed by atoms with E-state index >= 15 is 0 Å². The number of sulfonamides is 1. The minimum Gasteiger partial charge on any atom is -0.337 e. The van der Waals surface area contributed by atoms with Gasteiger partial charge in [0, 0.05) is 25.8 Å². The number of hydrogen-bond acceptors (Lipinski definition) is 4. The number of aryl methyl sites for hydroxylation is 2. The molecule has 2 aliphatic carbocycles. The Balaban J connectivity index is 1.37. The van der Waals surface area contributed by atoms with E-state index in [1.165, 1.54) is 44.9 Å². The van der Waals surface area contributed by atoms with Crippen molar-refractivity contribution in [2.45, 2.75) is 42.7 Å². The first kappa shape index (κ1) is 19.4. The SMILES string of the molecule is CN(CCNC(=O)Nc1c2c(cc3c1CCC3)CCC2)S(=O)(=O)c1cccs1. The minimum atomic E-state index is -3.49. The topological polar surface area (TPSA) is 78.5 Å². The molecule has 1 heterocycles. The Morgan fingerprint density at radius 2 is 1.82 bits per heavy atom. The average molecular weight is 420 g/mol. The highest BCUT2D eigenvalue weighted by Crippen LogP contribution is 2.38. The van der Waals surface area contributed by atoms with Gasteiger partial charge in [-0.2, -0.15) is 4.31 Å². The quantitative estimate of drug-likeness (QED) is 0.755. The number of urea groups is 1. The van der Waals surface area contributed by atoms with E-state index in [2.05, 4.69) is 16.7 Å². The zero-order valence-electron chi connectivity index (χ0n) is 16.0. The molecule has 0 atom stereocenters. The van der Waals surface area contributed by atoms with Crippen LogP contribution in [0.25, 0.3) is 0 Å². The second kappa shape index (κ2) is 7.85. The number of fused-ring (bicyclic) bond motifs is 2. The monoisotopic (exact) mass is 419 g/mol. The molecule has 0 saturated heterocycles. The van der Waals surface area contributed by atoms with Crippen LogP contribution in [0.1, 0.15) is 35.1 Å². The molecule has 2 amide bonds. The van der Waals surface area contributed by atoms with Gasteiger partial charge in [0.2, 0.25) is 0 Å². The van der Waals surface area contributed by atoms with Crippen LogP contribution in [0.4, 0.5) is 10.5 Å². The fraction of sp³-hybridized carbons (Fsp3) is 0.450. The predicted molar refractivity (Wildman–Crippen MR) is 112 cm³/mol. The van der Waals surface area contributed by atoms with Crippen LogP contribution in [0.15, 0.2) is 27.8 Å². The van der Waals surface area contributed by atoms with Crippen LogP contribution in [0.5, 0.6) is 0 Å². The summed E-state index contributed by atoms with van der Waals surface area (Å²) < 4.78 is 26.4. The maximum absolute atomic E-state index is 12.5. The van der Waals surface area contributed by atoms with Crippen molar-refractivity contribution in [1.29, 1.82) is 0 Å². The van der Waals surface area contributed by atoms with Crippen molar-refractivity contribution in [3.8, 4) is 0 Å². The Bertz CT molecular complexity index is 952. The third-order valence-electron chi connectivity index (χ3n) is 5.58. The van der Waals surface area contributed by atoms with E-state index in [0.717, 1.165) is 44.2 Å². The fourth-order valence-electron chi connectivity index (χ4n) is 4.14. The number of nitrogens with one attached hydrogen (secondary N) is 2. The maximum atomic E-state index is 12.5. The lowest BCUT2D eigenvalue weighted by molar-refractivity contribution is 0.251. The van der Waals surface area contributed by atoms with Gasteiger partial charge in [0.25, 0.3) is 10.0 Å². The molecule has 0 bridgehead atoms. The van der Waals surface area contributed by atoms with Crippen LogP contribution in [0, 0.1) is 0 Å². The molecule has 0 fully saturated rings. The van der Waals surface area contributed by atoms with Crippen molar-refractivity contribution < 1.29 is 13.2 Å². The van der Waals surface area contributed by atoms with Crippen molar-refractivity contribution >= 4 is 33.1 Å². The van der Waals surface area contributed by atoms with Gasteiger partial charge >= 0.3 is 6.03 Å². The summed E-state index contributed by atoms with van der Waals surface area (Å²) in [6.45, 7) is 0.475. The average Bonchev–Trinajstić information content (AvgIpc) is 3.42. The molecule has 4 rings (SSSR count). The molecule has 0 radical (unpaired) electrons. The molecular weight excluding hydrogens is 394 g/mol. The van der Waals surface area contributed by atoms with E-state index in [-0.39, 0.29) is 19.1 Å². The summed E-state index contributed by atoms with van der Waals surface area (Å²) in [4.78, 5) is 12.5.